The number of hydrogen-bond donors (Lipinski definition) is 2. The van der Waals surface area contributed by atoms with Crippen molar-refractivity contribution in [2.24, 2.45) is 0 Å². The number of carbonyl (C=O) groups excluding carboxylic acids is 2. The summed E-state index contributed by atoms with van der Waals surface area (Å²) >= 11 is 0. The molecule has 0 atom stereocenters. The third-order valence-corrected chi connectivity index (χ3v) is 7.01. The topological polar surface area (TPSA) is 113 Å². The second kappa shape index (κ2) is 11.0. The van der Waals surface area contributed by atoms with Crippen LogP contribution in [0.2, 0.25) is 0 Å². The van der Waals surface area contributed by atoms with E-state index in [0.29, 0.717) is 31.0 Å². The zero-order chi connectivity index (χ0) is 24.8. The minimum Gasteiger partial charge on any atom is -0.347 e. The van der Waals surface area contributed by atoms with Crippen LogP contribution in [0.15, 0.2) is 23.1 Å². The molecule has 0 fully saturated rings. The molecule has 0 saturated heterocycles. The highest BCUT2D eigenvalue weighted by Crippen LogP contribution is 2.23. The molecule has 2 rings (SSSR count). The minimum atomic E-state index is -4.52. The second-order valence-electron chi connectivity index (χ2n) is 7.18. The third kappa shape index (κ3) is 6.90. The molecule has 1 aromatic heterocycles. The summed E-state index contributed by atoms with van der Waals surface area (Å²) in [7, 11) is -3.65. The lowest BCUT2D eigenvalue weighted by atomic mass is 10.2. The third-order valence-electron chi connectivity index (χ3n) is 4.97. The van der Waals surface area contributed by atoms with Gasteiger partial charge < -0.3 is 15.2 Å². The summed E-state index contributed by atoms with van der Waals surface area (Å²) in [6, 6.07) is 4.71. The molecule has 0 aliphatic heterocycles. The van der Waals surface area contributed by atoms with E-state index in [2.05, 4.69) is 10.3 Å². The van der Waals surface area contributed by atoms with Crippen molar-refractivity contribution in [2.75, 3.05) is 26.2 Å². The van der Waals surface area contributed by atoms with E-state index in [9.17, 15) is 31.2 Å². The van der Waals surface area contributed by atoms with Gasteiger partial charge in [0.1, 0.15) is 12.4 Å². The van der Waals surface area contributed by atoms with Crippen molar-refractivity contribution in [1.29, 1.82) is 0 Å². The number of imidazole rings is 1. The molecule has 2 N–H and O–H groups in total. The molecule has 0 unspecified atom stereocenters. The molecular weight excluding hydrogens is 463 g/mol. The van der Waals surface area contributed by atoms with Crippen LogP contribution in [-0.2, 0) is 32.6 Å². The molecule has 0 aliphatic carbocycles. The van der Waals surface area contributed by atoms with Crippen LogP contribution in [-0.4, -0.2) is 66.4 Å². The number of alkyl halides is 3. The Labute approximate surface area is 190 Å². The van der Waals surface area contributed by atoms with Crippen LogP contribution >= 0.6 is 0 Å². The summed E-state index contributed by atoms with van der Waals surface area (Å²) in [5.41, 5.74) is 1.20. The van der Waals surface area contributed by atoms with Gasteiger partial charge in [-0.2, -0.15) is 17.5 Å². The lowest BCUT2D eigenvalue weighted by Crippen LogP contribution is -2.40. The van der Waals surface area contributed by atoms with Gasteiger partial charge in [0.2, 0.25) is 21.8 Å². The van der Waals surface area contributed by atoms with Gasteiger partial charge in [-0.05, 0) is 25.1 Å². The predicted octanol–water partition coefficient (Wildman–Crippen LogP) is 1.81. The molecule has 33 heavy (non-hydrogen) atoms. The maximum atomic E-state index is 12.8. The van der Waals surface area contributed by atoms with Crippen LogP contribution in [0.5, 0.6) is 0 Å². The van der Waals surface area contributed by atoms with Crippen molar-refractivity contribution in [3.8, 4) is 0 Å². The Balaban J connectivity index is 2.08. The number of hydrogen-bond acceptors (Lipinski definition) is 5. The maximum absolute atomic E-state index is 12.8. The molecule has 13 heteroatoms. The average molecular weight is 492 g/mol. The summed E-state index contributed by atoms with van der Waals surface area (Å²) in [5, 5.41) is 3.95. The van der Waals surface area contributed by atoms with Crippen LogP contribution in [0.1, 0.15) is 33.0 Å². The Bertz CT molecular complexity index is 1100. The van der Waals surface area contributed by atoms with Gasteiger partial charge in [0.15, 0.2) is 0 Å². The Hall–Kier alpha value is -2.67. The fourth-order valence-electron chi connectivity index (χ4n) is 3.33. The molecule has 9 nitrogen and oxygen atoms in total. The highest BCUT2D eigenvalue weighted by Gasteiger charge is 2.27. The van der Waals surface area contributed by atoms with Crippen molar-refractivity contribution < 1.29 is 31.2 Å². The number of aromatic nitrogens is 2. The van der Waals surface area contributed by atoms with Gasteiger partial charge in [-0.1, -0.05) is 13.8 Å². The first kappa shape index (κ1) is 26.6. The Kier molecular flexibility index (Phi) is 8.83. The average Bonchev–Trinajstić information content (AvgIpc) is 3.11. The van der Waals surface area contributed by atoms with Crippen molar-refractivity contribution in [3.05, 3.63) is 24.0 Å². The molecule has 0 aliphatic rings. The molecule has 2 aromatic rings. The molecule has 2 amide bonds. The van der Waals surface area contributed by atoms with Crippen molar-refractivity contribution in [3.63, 3.8) is 0 Å². The predicted molar refractivity (Wildman–Crippen MR) is 116 cm³/mol. The normalized spacial score (nSPS) is 12.3. The standard InChI is InChI=1S/C20H28F3N5O4S/c1-4-27(5-2)33(31,32)14-7-8-16-15(11-14)26-17(28(16)6-3)9-10-18(29)24-12-19(30)25-13-20(21,22)23/h7-8,11H,4-6,9-10,12-13H2,1-3H3,(H,24,29)(H,25,30). The molecule has 1 aromatic carbocycles. The van der Waals surface area contributed by atoms with E-state index in [1.807, 2.05) is 11.5 Å². The minimum absolute atomic E-state index is 0.0412. The monoisotopic (exact) mass is 491 g/mol. The molecule has 0 radical (unpaired) electrons. The number of fused-ring (bicyclic) bond motifs is 1. The van der Waals surface area contributed by atoms with Crippen LogP contribution in [0, 0.1) is 0 Å². The van der Waals surface area contributed by atoms with Crippen molar-refractivity contribution in [2.45, 2.75) is 51.2 Å². The van der Waals surface area contributed by atoms with Gasteiger partial charge in [-0.25, -0.2) is 13.4 Å². The summed E-state index contributed by atoms with van der Waals surface area (Å²) in [6.45, 7) is 4.60. The number of sulfonamides is 1. The first-order valence-electron chi connectivity index (χ1n) is 10.5. The number of halogens is 3. The first-order chi connectivity index (χ1) is 15.4. The zero-order valence-electron chi connectivity index (χ0n) is 18.7. The summed E-state index contributed by atoms with van der Waals surface area (Å²) in [5.74, 6) is -0.901. The SMILES string of the molecule is CCN(CC)S(=O)(=O)c1ccc2c(c1)nc(CCC(=O)NCC(=O)NCC(F)(F)F)n2CC. The summed E-state index contributed by atoms with van der Waals surface area (Å²) in [4.78, 5) is 28.0. The molecule has 0 saturated carbocycles. The number of amides is 2. The second-order valence-corrected chi connectivity index (χ2v) is 9.12. The summed E-state index contributed by atoms with van der Waals surface area (Å²) < 4.78 is 65.1. The van der Waals surface area contributed by atoms with Crippen LogP contribution < -0.4 is 10.6 Å². The number of aryl methyl sites for hydroxylation is 2. The largest absolute Gasteiger partial charge is 0.405 e. The summed E-state index contributed by atoms with van der Waals surface area (Å²) in [6.07, 6.45) is -4.36. The molecule has 184 valence electrons. The van der Waals surface area contributed by atoms with Gasteiger partial charge in [-0.3, -0.25) is 9.59 Å². The highest BCUT2D eigenvalue weighted by atomic mass is 32.2. The van der Waals surface area contributed by atoms with E-state index in [-0.39, 0.29) is 17.7 Å². The number of nitrogens with one attached hydrogen (secondary N) is 2. The van der Waals surface area contributed by atoms with Gasteiger partial charge in [0.05, 0.1) is 22.5 Å². The molecule has 1 heterocycles. The van der Waals surface area contributed by atoms with E-state index < -0.39 is 41.1 Å². The zero-order valence-corrected chi connectivity index (χ0v) is 19.5. The number of nitrogens with zero attached hydrogens (tertiary/aromatic N) is 3. The highest BCUT2D eigenvalue weighted by molar-refractivity contribution is 7.89. The van der Waals surface area contributed by atoms with E-state index in [0.717, 1.165) is 5.52 Å². The van der Waals surface area contributed by atoms with Crippen LogP contribution in [0.25, 0.3) is 11.0 Å². The van der Waals surface area contributed by atoms with E-state index in [4.69, 9.17) is 0 Å². The molecular formula is C20H28F3N5O4S. The Morgan fingerprint density at radius 1 is 1.09 bits per heavy atom. The van der Waals surface area contributed by atoms with Gasteiger partial charge in [0.25, 0.3) is 0 Å². The van der Waals surface area contributed by atoms with Gasteiger partial charge in [-0.15, -0.1) is 0 Å². The first-order valence-corrected chi connectivity index (χ1v) is 12.0. The quantitative estimate of drug-likeness (QED) is 0.498. The lowest BCUT2D eigenvalue weighted by Gasteiger charge is -2.18. The van der Waals surface area contributed by atoms with Crippen LogP contribution in [0.4, 0.5) is 13.2 Å². The fourth-order valence-corrected chi connectivity index (χ4v) is 4.81. The number of carbonyl (C=O) groups is 2. The van der Waals surface area contributed by atoms with Gasteiger partial charge >= 0.3 is 6.18 Å². The number of benzene rings is 1. The fraction of sp³-hybridized carbons (Fsp3) is 0.550. The maximum Gasteiger partial charge on any atom is 0.405 e. The smallest absolute Gasteiger partial charge is 0.347 e. The Morgan fingerprint density at radius 2 is 1.76 bits per heavy atom. The van der Waals surface area contributed by atoms with Crippen LogP contribution in [0.3, 0.4) is 0 Å². The van der Waals surface area contributed by atoms with E-state index >= 15 is 0 Å². The number of rotatable bonds is 11. The Morgan fingerprint density at radius 3 is 2.33 bits per heavy atom. The molecule has 0 spiro atoms. The van der Waals surface area contributed by atoms with Crippen molar-refractivity contribution >= 4 is 32.9 Å². The molecule has 0 bridgehead atoms. The van der Waals surface area contributed by atoms with Gasteiger partial charge in [0, 0.05) is 32.5 Å². The van der Waals surface area contributed by atoms with E-state index in [1.165, 1.54) is 16.4 Å². The lowest BCUT2D eigenvalue weighted by molar-refractivity contribution is -0.138. The van der Waals surface area contributed by atoms with Crippen molar-refractivity contribution in [1.82, 2.24) is 24.5 Å². The van der Waals surface area contributed by atoms with E-state index in [1.54, 1.807) is 25.2 Å².